The SMILES string of the molecule is NC(=S)c1ccc(Cl)cc1OCc1ccccc1Br. The Balaban J connectivity index is 2.22. The van der Waals surface area contributed by atoms with Crippen LogP contribution in [0.1, 0.15) is 11.1 Å². The van der Waals surface area contributed by atoms with Crippen molar-refractivity contribution in [3.05, 3.63) is 63.1 Å². The van der Waals surface area contributed by atoms with Crippen LogP contribution in [0, 0.1) is 0 Å². The van der Waals surface area contributed by atoms with E-state index in [2.05, 4.69) is 15.9 Å². The molecule has 19 heavy (non-hydrogen) atoms. The van der Waals surface area contributed by atoms with Crippen molar-refractivity contribution >= 4 is 44.7 Å². The van der Waals surface area contributed by atoms with Crippen LogP contribution in [0.2, 0.25) is 5.02 Å². The van der Waals surface area contributed by atoms with Crippen LogP contribution in [0.25, 0.3) is 0 Å². The number of ether oxygens (including phenoxy) is 1. The minimum Gasteiger partial charge on any atom is -0.488 e. The molecule has 0 radical (unpaired) electrons. The highest BCUT2D eigenvalue weighted by molar-refractivity contribution is 9.10. The average molecular weight is 357 g/mol. The Morgan fingerprint density at radius 2 is 2.00 bits per heavy atom. The van der Waals surface area contributed by atoms with Gasteiger partial charge in [-0.1, -0.05) is 57.9 Å². The quantitative estimate of drug-likeness (QED) is 0.829. The Hall–Kier alpha value is -1.10. The zero-order chi connectivity index (χ0) is 13.8. The first-order chi connectivity index (χ1) is 9.08. The summed E-state index contributed by atoms with van der Waals surface area (Å²) in [7, 11) is 0. The van der Waals surface area contributed by atoms with Crippen molar-refractivity contribution in [1.82, 2.24) is 0 Å². The molecule has 0 aromatic heterocycles. The second-order valence-corrected chi connectivity index (χ2v) is 5.62. The van der Waals surface area contributed by atoms with Crippen molar-refractivity contribution in [2.75, 3.05) is 0 Å². The van der Waals surface area contributed by atoms with Crippen LogP contribution < -0.4 is 10.5 Å². The molecule has 0 atom stereocenters. The Morgan fingerprint density at radius 3 is 2.68 bits per heavy atom. The summed E-state index contributed by atoms with van der Waals surface area (Å²) < 4.78 is 6.76. The molecule has 0 aliphatic carbocycles. The van der Waals surface area contributed by atoms with E-state index in [1.807, 2.05) is 24.3 Å². The van der Waals surface area contributed by atoms with Gasteiger partial charge in [-0.25, -0.2) is 0 Å². The van der Waals surface area contributed by atoms with Crippen LogP contribution in [0.3, 0.4) is 0 Å². The lowest BCUT2D eigenvalue weighted by molar-refractivity contribution is 0.305. The molecule has 0 aliphatic rings. The fourth-order valence-electron chi connectivity index (χ4n) is 1.59. The lowest BCUT2D eigenvalue weighted by Gasteiger charge is -2.12. The number of hydrogen-bond acceptors (Lipinski definition) is 2. The van der Waals surface area contributed by atoms with Crippen molar-refractivity contribution < 1.29 is 4.74 Å². The molecule has 0 saturated carbocycles. The molecule has 98 valence electrons. The van der Waals surface area contributed by atoms with Crippen LogP contribution in [0.5, 0.6) is 5.75 Å². The first kappa shape index (κ1) is 14.3. The second kappa shape index (κ2) is 6.37. The summed E-state index contributed by atoms with van der Waals surface area (Å²) in [6.45, 7) is 0.414. The summed E-state index contributed by atoms with van der Waals surface area (Å²) >= 11 is 14.4. The van der Waals surface area contributed by atoms with Crippen LogP contribution in [-0.2, 0) is 6.61 Å². The fraction of sp³-hybridized carbons (Fsp3) is 0.0714. The van der Waals surface area contributed by atoms with Crippen molar-refractivity contribution in [3.8, 4) is 5.75 Å². The molecule has 0 amide bonds. The molecule has 0 unspecified atom stereocenters. The third-order valence-corrected chi connectivity index (χ3v) is 3.78. The van der Waals surface area contributed by atoms with Crippen LogP contribution >= 0.6 is 39.7 Å². The molecule has 0 heterocycles. The maximum atomic E-state index is 5.96. The van der Waals surface area contributed by atoms with Gasteiger partial charge in [0.15, 0.2) is 0 Å². The molecule has 2 rings (SSSR count). The van der Waals surface area contributed by atoms with E-state index >= 15 is 0 Å². The van der Waals surface area contributed by atoms with Gasteiger partial charge in [-0.05, 0) is 24.3 Å². The summed E-state index contributed by atoms with van der Waals surface area (Å²) in [5.74, 6) is 0.593. The highest BCUT2D eigenvalue weighted by Crippen LogP contribution is 2.25. The largest absolute Gasteiger partial charge is 0.488 e. The fourth-order valence-corrected chi connectivity index (χ4v) is 2.32. The van der Waals surface area contributed by atoms with E-state index in [4.69, 9.17) is 34.3 Å². The second-order valence-electron chi connectivity index (χ2n) is 3.88. The summed E-state index contributed by atoms with van der Waals surface area (Å²) in [4.78, 5) is 0.291. The summed E-state index contributed by atoms with van der Waals surface area (Å²) in [6.07, 6.45) is 0. The third-order valence-electron chi connectivity index (χ3n) is 2.55. The van der Waals surface area contributed by atoms with Crippen molar-refractivity contribution in [2.24, 2.45) is 5.73 Å². The summed E-state index contributed by atoms with van der Waals surface area (Å²) in [5, 5.41) is 0.585. The van der Waals surface area contributed by atoms with E-state index in [0.29, 0.717) is 27.9 Å². The number of rotatable bonds is 4. The van der Waals surface area contributed by atoms with E-state index in [0.717, 1.165) is 10.0 Å². The molecule has 0 aliphatic heterocycles. The number of halogens is 2. The van der Waals surface area contributed by atoms with Gasteiger partial charge in [0.1, 0.15) is 17.3 Å². The maximum Gasteiger partial charge on any atom is 0.131 e. The molecule has 0 saturated heterocycles. The van der Waals surface area contributed by atoms with Gasteiger partial charge in [0.25, 0.3) is 0 Å². The predicted octanol–water partition coefficient (Wildman–Crippen LogP) is 4.32. The molecule has 0 spiro atoms. The van der Waals surface area contributed by atoms with Gasteiger partial charge < -0.3 is 10.5 Å². The monoisotopic (exact) mass is 355 g/mol. The molecule has 2 aromatic carbocycles. The Morgan fingerprint density at radius 1 is 1.26 bits per heavy atom. The minimum absolute atomic E-state index is 0.291. The van der Waals surface area contributed by atoms with Gasteiger partial charge in [0.05, 0.1) is 5.56 Å². The van der Waals surface area contributed by atoms with Gasteiger partial charge in [0, 0.05) is 15.1 Å². The average Bonchev–Trinajstić information content (AvgIpc) is 2.37. The Kier molecular flexibility index (Phi) is 4.80. The van der Waals surface area contributed by atoms with Gasteiger partial charge in [0.2, 0.25) is 0 Å². The van der Waals surface area contributed by atoms with E-state index in [1.54, 1.807) is 18.2 Å². The van der Waals surface area contributed by atoms with Crippen LogP contribution in [0.4, 0.5) is 0 Å². The van der Waals surface area contributed by atoms with E-state index in [9.17, 15) is 0 Å². The summed E-state index contributed by atoms with van der Waals surface area (Å²) in [5.41, 5.74) is 7.39. The van der Waals surface area contributed by atoms with Gasteiger partial charge in [-0.3, -0.25) is 0 Å². The van der Waals surface area contributed by atoms with E-state index in [-0.39, 0.29) is 0 Å². The first-order valence-corrected chi connectivity index (χ1v) is 7.11. The number of hydrogen-bond donors (Lipinski definition) is 1. The van der Waals surface area contributed by atoms with Crippen molar-refractivity contribution in [3.63, 3.8) is 0 Å². The van der Waals surface area contributed by atoms with Crippen LogP contribution in [0.15, 0.2) is 46.9 Å². The number of nitrogens with two attached hydrogens (primary N) is 1. The van der Waals surface area contributed by atoms with Gasteiger partial charge >= 0.3 is 0 Å². The third kappa shape index (κ3) is 3.69. The molecule has 0 bridgehead atoms. The highest BCUT2D eigenvalue weighted by Gasteiger charge is 2.08. The Bertz CT molecular complexity index is 618. The molecule has 2 N–H and O–H groups in total. The minimum atomic E-state index is 0.291. The normalized spacial score (nSPS) is 10.2. The lowest BCUT2D eigenvalue weighted by Crippen LogP contribution is -2.11. The van der Waals surface area contributed by atoms with E-state index < -0.39 is 0 Å². The molecule has 0 fully saturated rings. The Labute approximate surface area is 130 Å². The number of benzene rings is 2. The van der Waals surface area contributed by atoms with Crippen molar-refractivity contribution in [2.45, 2.75) is 6.61 Å². The van der Waals surface area contributed by atoms with E-state index in [1.165, 1.54) is 0 Å². The van der Waals surface area contributed by atoms with Gasteiger partial charge in [-0.15, -0.1) is 0 Å². The highest BCUT2D eigenvalue weighted by atomic mass is 79.9. The topological polar surface area (TPSA) is 35.2 Å². The number of thiocarbonyl (C=S) groups is 1. The zero-order valence-corrected chi connectivity index (χ0v) is 13.1. The zero-order valence-electron chi connectivity index (χ0n) is 9.90. The molecule has 2 aromatic rings. The maximum absolute atomic E-state index is 5.96. The predicted molar refractivity (Wildman–Crippen MR) is 85.8 cm³/mol. The summed E-state index contributed by atoms with van der Waals surface area (Å²) in [6, 6.07) is 13.1. The van der Waals surface area contributed by atoms with Crippen LogP contribution in [-0.4, -0.2) is 4.99 Å². The van der Waals surface area contributed by atoms with Gasteiger partial charge in [-0.2, -0.15) is 0 Å². The smallest absolute Gasteiger partial charge is 0.131 e. The van der Waals surface area contributed by atoms with Crippen molar-refractivity contribution in [1.29, 1.82) is 0 Å². The molecule has 5 heteroatoms. The lowest BCUT2D eigenvalue weighted by atomic mass is 10.2. The molecular formula is C14H11BrClNOS. The molecular weight excluding hydrogens is 346 g/mol. The first-order valence-electron chi connectivity index (χ1n) is 5.53. The standard InChI is InChI=1S/C14H11BrClNOS/c15-12-4-2-1-3-9(12)8-18-13-7-10(16)5-6-11(13)14(17)19/h1-7H,8H2,(H2,17,19). The molecule has 2 nitrogen and oxygen atoms in total.